The van der Waals surface area contributed by atoms with E-state index in [-0.39, 0.29) is 23.8 Å². The molecular weight excluding hydrogens is 418 g/mol. The van der Waals surface area contributed by atoms with Crippen molar-refractivity contribution in [3.8, 4) is 6.07 Å². The Morgan fingerprint density at radius 2 is 2.24 bits per heavy atom. The fourth-order valence-electron chi connectivity index (χ4n) is 4.22. The van der Waals surface area contributed by atoms with Gasteiger partial charge >= 0.3 is 0 Å². The maximum atomic E-state index is 12.2. The molecule has 2 heterocycles. The minimum absolute atomic E-state index is 0.00668. The van der Waals surface area contributed by atoms with Gasteiger partial charge in [-0.1, -0.05) is 12.2 Å². The number of carbonyl (C=O) groups excluding carboxylic acids is 1. The van der Waals surface area contributed by atoms with Crippen LogP contribution in [0.15, 0.2) is 61.9 Å². The fraction of sp³-hybridized carbons (Fsp3) is 0.480. The van der Waals surface area contributed by atoms with Crippen molar-refractivity contribution in [3.63, 3.8) is 0 Å². The molecule has 0 saturated carbocycles. The van der Waals surface area contributed by atoms with Gasteiger partial charge in [0.1, 0.15) is 5.84 Å². The molecular formula is C25H29N5O3. The molecule has 4 aliphatic rings. The van der Waals surface area contributed by atoms with E-state index in [0.29, 0.717) is 25.3 Å². The monoisotopic (exact) mass is 447 g/mol. The number of ketones is 1. The number of ether oxygens (including phenoxy) is 2. The lowest BCUT2D eigenvalue weighted by molar-refractivity contribution is -0.119. The molecule has 4 rings (SSSR count). The van der Waals surface area contributed by atoms with Crippen molar-refractivity contribution in [1.82, 2.24) is 5.32 Å². The van der Waals surface area contributed by atoms with Crippen molar-refractivity contribution in [1.29, 1.82) is 5.26 Å². The number of rotatable bonds is 8. The van der Waals surface area contributed by atoms with Crippen LogP contribution in [-0.2, 0) is 14.3 Å². The number of nitriles is 1. The third-order valence-corrected chi connectivity index (χ3v) is 6.17. The van der Waals surface area contributed by atoms with Crippen molar-refractivity contribution in [2.75, 3.05) is 20.3 Å². The number of nitrogens with zero attached hydrogens (tertiary/aromatic N) is 4. The van der Waals surface area contributed by atoms with Gasteiger partial charge in [0, 0.05) is 30.5 Å². The fourth-order valence-corrected chi connectivity index (χ4v) is 4.22. The van der Waals surface area contributed by atoms with Gasteiger partial charge in [-0.3, -0.25) is 19.8 Å². The van der Waals surface area contributed by atoms with Crippen LogP contribution in [0, 0.1) is 17.2 Å². The molecule has 33 heavy (non-hydrogen) atoms. The minimum Gasteiger partial charge on any atom is -0.493 e. The van der Waals surface area contributed by atoms with Crippen molar-refractivity contribution in [3.05, 3.63) is 46.9 Å². The predicted octanol–water partition coefficient (Wildman–Crippen LogP) is 3.20. The molecule has 0 aromatic carbocycles. The standard InChI is InChI=1S/C25H29N5O3/c1-32-24-12-22-21(11-23(24)31)25(30-16-29-22)27-10-2-3-19-8-9-20(14-28-19)33-15-18-6-4-17(13-26)5-7-18/h4,6,8,12,14,16,20-22H,2-3,5,7,9-11,15H2,1H3,(H,27,29,30). The summed E-state index contributed by atoms with van der Waals surface area (Å²) in [6.45, 7) is 1.24. The second-order valence-electron chi connectivity index (χ2n) is 8.44. The smallest absolute Gasteiger partial charge is 0.197 e. The van der Waals surface area contributed by atoms with Crippen LogP contribution in [0.2, 0.25) is 0 Å². The zero-order valence-corrected chi connectivity index (χ0v) is 18.9. The second kappa shape index (κ2) is 11.0. The van der Waals surface area contributed by atoms with Crippen LogP contribution < -0.4 is 5.32 Å². The average molecular weight is 448 g/mol. The number of nitrogens with one attached hydrogen (secondary N) is 1. The number of methoxy groups -OCH3 is 1. The number of aliphatic imine (C=N–C) groups is 3. The van der Waals surface area contributed by atoms with Gasteiger partial charge in [-0.15, -0.1) is 0 Å². The van der Waals surface area contributed by atoms with Crippen LogP contribution in [0.25, 0.3) is 0 Å². The molecule has 0 amide bonds. The maximum absolute atomic E-state index is 12.2. The summed E-state index contributed by atoms with van der Waals surface area (Å²) in [7, 11) is 1.51. The van der Waals surface area contributed by atoms with Gasteiger partial charge in [0.15, 0.2) is 11.5 Å². The Kier molecular flexibility index (Phi) is 7.63. The number of Topliss-reactive ketones (excluding diaryl/α,β-unsaturated/α-hetero) is 1. The lowest BCUT2D eigenvalue weighted by Crippen LogP contribution is -2.44. The summed E-state index contributed by atoms with van der Waals surface area (Å²) in [5.41, 5.74) is 3.10. The SMILES string of the molecule is COC1=CC2N=CNC(=NCCCC3=CCC(OCC4=CC=C(C#N)CC4)C=N3)C2CC1=O. The molecule has 1 N–H and O–H groups in total. The summed E-state index contributed by atoms with van der Waals surface area (Å²) in [6.07, 6.45) is 15.9. The molecule has 0 bridgehead atoms. The highest BCUT2D eigenvalue weighted by atomic mass is 16.5. The van der Waals surface area contributed by atoms with Gasteiger partial charge in [0.25, 0.3) is 0 Å². The van der Waals surface area contributed by atoms with Crippen LogP contribution in [0.1, 0.15) is 38.5 Å². The Hall–Kier alpha value is -3.31. The van der Waals surface area contributed by atoms with Crippen LogP contribution >= 0.6 is 0 Å². The quantitative estimate of drug-likeness (QED) is 0.575. The molecule has 172 valence electrons. The average Bonchev–Trinajstić information content (AvgIpc) is 2.86. The van der Waals surface area contributed by atoms with E-state index in [0.717, 1.165) is 49.2 Å². The third kappa shape index (κ3) is 5.93. The Labute approximate surface area is 194 Å². The lowest BCUT2D eigenvalue weighted by atomic mass is 9.86. The first-order chi connectivity index (χ1) is 16.2. The summed E-state index contributed by atoms with van der Waals surface area (Å²) in [6, 6.07) is 2.10. The summed E-state index contributed by atoms with van der Waals surface area (Å²) in [5.74, 6) is 1.15. The Balaban J connectivity index is 1.19. The van der Waals surface area contributed by atoms with Gasteiger partial charge in [0.2, 0.25) is 0 Å². The highest BCUT2D eigenvalue weighted by molar-refractivity contribution is 6.03. The number of allylic oxidation sites excluding steroid dienone is 5. The molecule has 0 saturated heterocycles. The first-order valence-corrected chi connectivity index (χ1v) is 11.4. The highest BCUT2D eigenvalue weighted by Gasteiger charge is 2.35. The predicted molar refractivity (Wildman–Crippen MR) is 127 cm³/mol. The van der Waals surface area contributed by atoms with E-state index in [1.54, 1.807) is 12.4 Å². The van der Waals surface area contributed by atoms with Crippen LogP contribution in [-0.4, -0.2) is 56.6 Å². The van der Waals surface area contributed by atoms with Crippen molar-refractivity contribution in [2.24, 2.45) is 20.9 Å². The van der Waals surface area contributed by atoms with Crippen molar-refractivity contribution >= 4 is 24.2 Å². The van der Waals surface area contributed by atoms with Crippen LogP contribution in [0.5, 0.6) is 0 Å². The summed E-state index contributed by atoms with van der Waals surface area (Å²) >= 11 is 0. The second-order valence-corrected chi connectivity index (χ2v) is 8.44. The normalized spacial score (nSPS) is 27.6. The molecule has 3 atom stereocenters. The van der Waals surface area contributed by atoms with E-state index in [2.05, 4.69) is 27.4 Å². The van der Waals surface area contributed by atoms with Gasteiger partial charge in [0.05, 0.1) is 44.2 Å². The molecule has 0 spiro atoms. The first kappa shape index (κ1) is 22.9. The van der Waals surface area contributed by atoms with E-state index < -0.39 is 0 Å². The summed E-state index contributed by atoms with van der Waals surface area (Å²) in [5, 5.41) is 12.0. The van der Waals surface area contributed by atoms with E-state index in [1.807, 2.05) is 18.4 Å². The highest BCUT2D eigenvalue weighted by Crippen LogP contribution is 2.26. The molecule has 2 aliphatic carbocycles. The zero-order valence-electron chi connectivity index (χ0n) is 18.9. The van der Waals surface area contributed by atoms with Crippen LogP contribution in [0.3, 0.4) is 0 Å². The van der Waals surface area contributed by atoms with Gasteiger partial charge < -0.3 is 14.8 Å². The largest absolute Gasteiger partial charge is 0.493 e. The molecule has 8 nitrogen and oxygen atoms in total. The number of fused-ring (bicyclic) bond motifs is 1. The number of hydrogen-bond donors (Lipinski definition) is 1. The molecule has 3 unspecified atom stereocenters. The van der Waals surface area contributed by atoms with E-state index in [1.165, 1.54) is 12.7 Å². The van der Waals surface area contributed by atoms with Crippen LogP contribution in [0.4, 0.5) is 0 Å². The zero-order chi connectivity index (χ0) is 23.0. The third-order valence-electron chi connectivity index (χ3n) is 6.17. The van der Waals surface area contributed by atoms with Crippen molar-refractivity contribution < 1.29 is 14.3 Å². The Morgan fingerprint density at radius 3 is 2.97 bits per heavy atom. The van der Waals surface area contributed by atoms with Gasteiger partial charge in [-0.05, 0) is 49.8 Å². The molecule has 2 aliphatic heterocycles. The Morgan fingerprint density at radius 1 is 1.33 bits per heavy atom. The molecule has 0 aromatic rings. The minimum atomic E-state index is -0.103. The lowest BCUT2D eigenvalue weighted by Gasteiger charge is -2.30. The first-order valence-electron chi connectivity index (χ1n) is 11.4. The Bertz CT molecular complexity index is 1030. The van der Waals surface area contributed by atoms with E-state index in [9.17, 15) is 4.79 Å². The topological polar surface area (TPSA) is 108 Å². The number of carbonyl (C=O) groups is 1. The van der Waals surface area contributed by atoms with E-state index >= 15 is 0 Å². The molecule has 0 radical (unpaired) electrons. The molecule has 0 aromatic heterocycles. The number of hydrogen-bond acceptors (Lipinski definition) is 7. The molecule has 8 heteroatoms. The van der Waals surface area contributed by atoms with E-state index in [4.69, 9.17) is 19.7 Å². The van der Waals surface area contributed by atoms with Gasteiger partial charge in [-0.25, -0.2) is 0 Å². The summed E-state index contributed by atoms with van der Waals surface area (Å²) < 4.78 is 11.1. The molecule has 0 fully saturated rings. The van der Waals surface area contributed by atoms with Crippen molar-refractivity contribution in [2.45, 2.75) is 50.7 Å². The maximum Gasteiger partial charge on any atom is 0.197 e. The summed E-state index contributed by atoms with van der Waals surface area (Å²) in [4.78, 5) is 25.8. The number of amidine groups is 1. The van der Waals surface area contributed by atoms with Gasteiger partial charge in [-0.2, -0.15) is 5.26 Å².